The second-order valence-corrected chi connectivity index (χ2v) is 5.66. The van der Waals surface area contributed by atoms with E-state index in [0.29, 0.717) is 26.2 Å². The third-order valence-electron chi connectivity index (χ3n) is 4.11. The first-order chi connectivity index (χ1) is 10.0. The number of carbonyl (C=O) groups excluding carboxylic acids is 2. The van der Waals surface area contributed by atoms with Gasteiger partial charge in [-0.3, -0.25) is 14.5 Å². The summed E-state index contributed by atoms with van der Waals surface area (Å²) in [6.45, 7) is 2.52. The minimum Gasteiger partial charge on any atom is -0.335 e. The third-order valence-corrected chi connectivity index (χ3v) is 4.11. The number of rotatable bonds is 2. The largest absolute Gasteiger partial charge is 0.335 e. The Morgan fingerprint density at radius 2 is 2.10 bits per heavy atom. The zero-order valence-electron chi connectivity index (χ0n) is 12.0. The number of nitrogens with zero attached hydrogens (tertiary/aromatic N) is 3. The van der Waals surface area contributed by atoms with E-state index in [1.807, 2.05) is 6.07 Å². The van der Waals surface area contributed by atoms with Crippen LogP contribution in [0.25, 0.3) is 0 Å². The lowest BCUT2D eigenvalue weighted by Crippen LogP contribution is -2.65. The molecular weight excluding hydrogens is 273 g/mol. The van der Waals surface area contributed by atoms with Crippen LogP contribution in [0.15, 0.2) is 24.3 Å². The van der Waals surface area contributed by atoms with Gasteiger partial charge < -0.3 is 9.80 Å². The highest BCUT2D eigenvalue weighted by Crippen LogP contribution is 2.19. The van der Waals surface area contributed by atoms with Gasteiger partial charge in [0.2, 0.25) is 11.8 Å². The van der Waals surface area contributed by atoms with Gasteiger partial charge in [-0.25, -0.2) is 4.39 Å². The molecule has 1 aromatic rings. The second kappa shape index (κ2) is 5.44. The molecule has 2 amide bonds. The molecule has 0 spiro atoms. The number of fused-ring (bicyclic) bond motifs is 1. The Kier molecular flexibility index (Phi) is 3.63. The predicted molar refractivity (Wildman–Crippen MR) is 74.8 cm³/mol. The topological polar surface area (TPSA) is 43.9 Å². The molecule has 0 radical (unpaired) electrons. The minimum atomic E-state index is -0.404. The molecule has 112 valence electrons. The number of likely N-dealkylation sites (N-methyl/N-ethyl adjacent to an activating group) is 1. The molecule has 0 saturated carbocycles. The van der Waals surface area contributed by atoms with Crippen molar-refractivity contribution < 1.29 is 14.0 Å². The fraction of sp³-hybridized carbons (Fsp3) is 0.467. The highest BCUT2D eigenvalue weighted by Gasteiger charge is 2.41. The van der Waals surface area contributed by atoms with Gasteiger partial charge in [-0.2, -0.15) is 0 Å². The number of hydrogen-bond donors (Lipinski definition) is 0. The average molecular weight is 291 g/mol. The monoisotopic (exact) mass is 291 g/mol. The summed E-state index contributed by atoms with van der Waals surface area (Å²) >= 11 is 0. The third kappa shape index (κ3) is 2.76. The molecule has 0 N–H and O–H groups in total. The fourth-order valence-electron chi connectivity index (χ4n) is 3.01. The molecule has 2 fully saturated rings. The molecule has 2 aliphatic rings. The molecule has 1 aromatic carbocycles. The van der Waals surface area contributed by atoms with Gasteiger partial charge in [0.25, 0.3) is 0 Å². The van der Waals surface area contributed by atoms with E-state index in [0.717, 1.165) is 5.56 Å². The molecule has 6 heteroatoms. The number of benzene rings is 1. The molecule has 0 unspecified atom stereocenters. The van der Waals surface area contributed by atoms with Crippen LogP contribution in [-0.2, 0) is 16.1 Å². The molecule has 21 heavy (non-hydrogen) atoms. The van der Waals surface area contributed by atoms with Crippen LogP contribution in [-0.4, -0.2) is 65.8 Å². The SMILES string of the molecule is CN1CC(=O)N2CCN(Cc3cccc(F)c3)C[C@@H]2C1=O. The lowest BCUT2D eigenvalue weighted by atomic mass is 10.1. The Labute approximate surface area is 122 Å². The van der Waals surface area contributed by atoms with E-state index in [1.54, 1.807) is 18.0 Å². The second-order valence-electron chi connectivity index (χ2n) is 5.66. The molecule has 0 bridgehead atoms. The zero-order chi connectivity index (χ0) is 15.0. The maximum absolute atomic E-state index is 13.2. The Morgan fingerprint density at radius 3 is 2.86 bits per heavy atom. The summed E-state index contributed by atoms with van der Waals surface area (Å²) in [4.78, 5) is 29.4. The van der Waals surface area contributed by atoms with E-state index in [-0.39, 0.29) is 24.2 Å². The van der Waals surface area contributed by atoms with Gasteiger partial charge in [-0.1, -0.05) is 12.1 Å². The number of hydrogen-bond acceptors (Lipinski definition) is 3. The van der Waals surface area contributed by atoms with Crippen LogP contribution in [0.1, 0.15) is 5.56 Å². The molecule has 2 aliphatic heterocycles. The number of piperazine rings is 2. The van der Waals surface area contributed by atoms with Crippen molar-refractivity contribution >= 4 is 11.8 Å². The van der Waals surface area contributed by atoms with Gasteiger partial charge in [-0.05, 0) is 17.7 Å². The highest BCUT2D eigenvalue weighted by atomic mass is 19.1. The van der Waals surface area contributed by atoms with E-state index in [9.17, 15) is 14.0 Å². The first-order valence-electron chi connectivity index (χ1n) is 7.06. The van der Waals surface area contributed by atoms with Crippen molar-refractivity contribution in [1.82, 2.24) is 14.7 Å². The quantitative estimate of drug-likeness (QED) is 0.788. The fourth-order valence-corrected chi connectivity index (χ4v) is 3.01. The summed E-state index contributed by atoms with van der Waals surface area (Å²) in [5.74, 6) is -0.263. The Hall–Kier alpha value is -1.95. The number of halogens is 1. The zero-order valence-corrected chi connectivity index (χ0v) is 12.0. The summed E-state index contributed by atoms with van der Waals surface area (Å²) in [6, 6.07) is 6.07. The van der Waals surface area contributed by atoms with E-state index in [1.165, 1.54) is 17.0 Å². The average Bonchev–Trinajstić information content (AvgIpc) is 2.45. The van der Waals surface area contributed by atoms with Crippen LogP contribution in [0, 0.1) is 5.82 Å². The van der Waals surface area contributed by atoms with E-state index >= 15 is 0 Å². The number of carbonyl (C=O) groups is 2. The number of amides is 2. The van der Waals surface area contributed by atoms with Crippen molar-refractivity contribution in [2.45, 2.75) is 12.6 Å². The van der Waals surface area contributed by atoms with E-state index in [2.05, 4.69) is 4.90 Å². The summed E-state index contributed by atoms with van der Waals surface area (Å²) in [6.07, 6.45) is 0. The maximum Gasteiger partial charge on any atom is 0.246 e. The van der Waals surface area contributed by atoms with E-state index < -0.39 is 6.04 Å². The Morgan fingerprint density at radius 1 is 1.29 bits per heavy atom. The molecule has 1 atom stereocenters. The minimum absolute atomic E-state index is 0.00695. The standard InChI is InChI=1S/C15H18FN3O2/c1-17-10-14(20)19-6-5-18(9-13(19)15(17)21)8-11-3-2-4-12(16)7-11/h2-4,7,13H,5-6,8-10H2,1H3/t13-/m1/s1. The van der Waals surface area contributed by atoms with Crippen molar-refractivity contribution in [3.63, 3.8) is 0 Å². The smallest absolute Gasteiger partial charge is 0.246 e. The summed E-state index contributed by atoms with van der Waals surface area (Å²) in [5, 5.41) is 0. The molecule has 0 aliphatic carbocycles. The van der Waals surface area contributed by atoms with E-state index in [4.69, 9.17) is 0 Å². The van der Waals surface area contributed by atoms with Crippen LogP contribution >= 0.6 is 0 Å². The molecule has 2 heterocycles. The van der Waals surface area contributed by atoms with Gasteiger partial charge in [0.1, 0.15) is 11.9 Å². The van der Waals surface area contributed by atoms with Crippen LogP contribution in [0.2, 0.25) is 0 Å². The van der Waals surface area contributed by atoms with Gasteiger partial charge in [0, 0.05) is 33.2 Å². The lowest BCUT2D eigenvalue weighted by Gasteiger charge is -2.45. The first-order valence-corrected chi connectivity index (χ1v) is 7.06. The van der Waals surface area contributed by atoms with Gasteiger partial charge in [0.05, 0.1) is 6.54 Å². The summed E-state index contributed by atoms with van der Waals surface area (Å²) in [5.41, 5.74) is 0.881. The van der Waals surface area contributed by atoms with Gasteiger partial charge in [-0.15, -0.1) is 0 Å². The molecule has 2 saturated heterocycles. The normalized spacial score (nSPS) is 23.4. The Bertz CT molecular complexity index is 578. The van der Waals surface area contributed by atoms with Crippen molar-refractivity contribution in [2.75, 3.05) is 33.2 Å². The predicted octanol–water partition coefficient (Wildman–Crippen LogP) is 0.310. The summed E-state index contributed by atoms with van der Waals surface area (Å²) < 4.78 is 13.2. The van der Waals surface area contributed by atoms with Gasteiger partial charge >= 0.3 is 0 Å². The lowest BCUT2D eigenvalue weighted by molar-refractivity contribution is -0.158. The van der Waals surface area contributed by atoms with Crippen molar-refractivity contribution in [3.05, 3.63) is 35.6 Å². The van der Waals surface area contributed by atoms with Crippen LogP contribution < -0.4 is 0 Å². The Balaban J connectivity index is 1.71. The molecule has 3 rings (SSSR count). The van der Waals surface area contributed by atoms with Crippen LogP contribution in [0.4, 0.5) is 4.39 Å². The highest BCUT2D eigenvalue weighted by molar-refractivity contribution is 5.95. The maximum atomic E-state index is 13.2. The molecular formula is C15H18FN3O2. The first kappa shape index (κ1) is 14.0. The molecule has 0 aromatic heterocycles. The van der Waals surface area contributed by atoms with Crippen molar-refractivity contribution in [1.29, 1.82) is 0 Å². The van der Waals surface area contributed by atoms with Crippen molar-refractivity contribution in [3.8, 4) is 0 Å². The van der Waals surface area contributed by atoms with Crippen molar-refractivity contribution in [2.24, 2.45) is 0 Å². The van der Waals surface area contributed by atoms with Crippen LogP contribution in [0.5, 0.6) is 0 Å². The summed E-state index contributed by atoms with van der Waals surface area (Å²) in [7, 11) is 1.66. The van der Waals surface area contributed by atoms with Gasteiger partial charge in [0.15, 0.2) is 0 Å². The van der Waals surface area contributed by atoms with Crippen LogP contribution in [0.3, 0.4) is 0 Å². The molecule has 5 nitrogen and oxygen atoms in total.